The Labute approximate surface area is 95.4 Å². The minimum absolute atomic E-state index is 0.685. The first-order chi connectivity index (χ1) is 7.17. The molecule has 0 aromatic carbocycles. The van der Waals surface area contributed by atoms with Crippen molar-refractivity contribution in [1.82, 2.24) is 10.2 Å². The second-order valence-electron chi connectivity index (χ2n) is 5.13. The fourth-order valence-electron chi connectivity index (χ4n) is 1.90. The third-order valence-electron chi connectivity index (χ3n) is 3.55. The zero-order chi connectivity index (χ0) is 11.3. The van der Waals surface area contributed by atoms with Gasteiger partial charge in [0.2, 0.25) is 0 Å². The first kappa shape index (κ1) is 13.0. The van der Waals surface area contributed by atoms with Gasteiger partial charge in [0.05, 0.1) is 0 Å². The standard InChI is InChI=1S/C13H28N2/c1-5-11(3)10-15(6-2)12(4)9-14-13-7-8-13/h11-14H,5-10H2,1-4H3. The first-order valence-corrected chi connectivity index (χ1v) is 6.64. The van der Waals surface area contributed by atoms with E-state index < -0.39 is 0 Å². The highest BCUT2D eigenvalue weighted by atomic mass is 15.2. The topological polar surface area (TPSA) is 15.3 Å². The zero-order valence-corrected chi connectivity index (χ0v) is 10.9. The molecule has 1 aliphatic rings. The molecule has 2 heteroatoms. The highest BCUT2D eigenvalue weighted by Gasteiger charge is 2.22. The molecule has 90 valence electrons. The quantitative estimate of drug-likeness (QED) is 0.665. The third kappa shape index (κ3) is 4.98. The van der Waals surface area contributed by atoms with Crippen LogP contribution in [0.1, 0.15) is 47.0 Å². The molecule has 1 N–H and O–H groups in total. The maximum Gasteiger partial charge on any atom is 0.0192 e. The molecule has 2 atom stereocenters. The van der Waals surface area contributed by atoms with E-state index in [9.17, 15) is 0 Å². The van der Waals surface area contributed by atoms with Gasteiger partial charge in [-0.25, -0.2) is 0 Å². The largest absolute Gasteiger partial charge is 0.312 e. The number of nitrogens with zero attached hydrogens (tertiary/aromatic N) is 1. The van der Waals surface area contributed by atoms with E-state index in [1.807, 2.05) is 0 Å². The molecule has 0 saturated heterocycles. The molecule has 0 radical (unpaired) electrons. The predicted molar refractivity (Wildman–Crippen MR) is 67.2 cm³/mol. The summed E-state index contributed by atoms with van der Waals surface area (Å²) in [6.07, 6.45) is 4.08. The van der Waals surface area contributed by atoms with Crippen LogP contribution in [0.2, 0.25) is 0 Å². The lowest BCUT2D eigenvalue weighted by Gasteiger charge is -2.30. The maximum absolute atomic E-state index is 3.62. The van der Waals surface area contributed by atoms with Crippen LogP contribution < -0.4 is 5.32 Å². The van der Waals surface area contributed by atoms with Crippen LogP contribution >= 0.6 is 0 Å². The highest BCUT2D eigenvalue weighted by Crippen LogP contribution is 2.18. The Morgan fingerprint density at radius 3 is 2.40 bits per heavy atom. The van der Waals surface area contributed by atoms with Crippen molar-refractivity contribution in [3.8, 4) is 0 Å². The van der Waals surface area contributed by atoms with Gasteiger partial charge in [-0.05, 0) is 32.2 Å². The Morgan fingerprint density at radius 2 is 1.93 bits per heavy atom. The number of hydrogen-bond acceptors (Lipinski definition) is 2. The second-order valence-corrected chi connectivity index (χ2v) is 5.13. The van der Waals surface area contributed by atoms with Gasteiger partial charge in [0, 0.05) is 25.2 Å². The van der Waals surface area contributed by atoms with Gasteiger partial charge in [-0.3, -0.25) is 4.90 Å². The Morgan fingerprint density at radius 1 is 1.27 bits per heavy atom. The van der Waals surface area contributed by atoms with Crippen molar-refractivity contribution in [2.45, 2.75) is 59.0 Å². The first-order valence-electron chi connectivity index (χ1n) is 6.64. The fraction of sp³-hybridized carbons (Fsp3) is 1.00. The summed E-state index contributed by atoms with van der Waals surface area (Å²) in [5, 5.41) is 3.62. The van der Waals surface area contributed by atoms with Gasteiger partial charge in [0.15, 0.2) is 0 Å². The Bertz CT molecular complexity index is 166. The lowest BCUT2D eigenvalue weighted by molar-refractivity contribution is 0.185. The summed E-state index contributed by atoms with van der Waals surface area (Å²) in [5.74, 6) is 0.827. The number of hydrogen-bond donors (Lipinski definition) is 1. The van der Waals surface area contributed by atoms with Crippen LogP contribution in [0.5, 0.6) is 0 Å². The summed E-state index contributed by atoms with van der Waals surface area (Å²) in [4.78, 5) is 2.60. The van der Waals surface area contributed by atoms with Crippen molar-refractivity contribution in [3.05, 3.63) is 0 Å². The van der Waals surface area contributed by atoms with Gasteiger partial charge in [-0.15, -0.1) is 0 Å². The van der Waals surface area contributed by atoms with Crippen molar-refractivity contribution < 1.29 is 0 Å². The molecule has 2 unspecified atom stereocenters. The minimum atomic E-state index is 0.685. The fourth-order valence-corrected chi connectivity index (χ4v) is 1.90. The zero-order valence-electron chi connectivity index (χ0n) is 10.9. The van der Waals surface area contributed by atoms with Crippen LogP contribution in [-0.2, 0) is 0 Å². The average Bonchev–Trinajstić information content (AvgIpc) is 3.05. The minimum Gasteiger partial charge on any atom is -0.312 e. The van der Waals surface area contributed by atoms with Crippen LogP contribution in [0.25, 0.3) is 0 Å². The molecular formula is C13H28N2. The number of rotatable bonds is 8. The van der Waals surface area contributed by atoms with Crippen molar-refractivity contribution in [2.24, 2.45) is 5.92 Å². The molecule has 0 bridgehead atoms. The molecule has 2 nitrogen and oxygen atoms in total. The smallest absolute Gasteiger partial charge is 0.0192 e. The normalized spacial score (nSPS) is 20.6. The molecule has 0 aromatic heterocycles. The number of likely N-dealkylation sites (N-methyl/N-ethyl adjacent to an activating group) is 1. The van der Waals surface area contributed by atoms with Gasteiger partial charge < -0.3 is 5.32 Å². The summed E-state index contributed by atoms with van der Waals surface area (Å²) in [6, 6.07) is 1.53. The monoisotopic (exact) mass is 212 g/mol. The van der Waals surface area contributed by atoms with Gasteiger partial charge >= 0.3 is 0 Å². The van der Waals surface area contributed by atoms with Gasteiger partial charge in [-0.2, -0.15) is 0 Å². The SMILES string of the molecule is CCC(C)CN(CC)C(C)CNC1CC1. The van der Waals surface area contributed by atoms with Crippen molar-refractivity contribution in [1.29, 1.82) is 0 Å². The van der Waals surface area contributed by atoms with Crippen molar-refractivity contribution >= 4 is 0 Å². The molecule has 0 aromatic rings. The molecule has 0 spiro atoms. The Kier molecular flexibility index (Phi) is 5.62. The summed E-state index contributed by atoms with van der Waals surface area (Å²) in [7, 11) is 0. The van der Waals surface area contributed by atoms with Gasteiger partial charge in [0.25, 0.3) is 0 Å². The predicted octanol–water partition coefficient (Wildman–Crippen LogP) is 2.49. The van der Waals surface area contributed by atoms with Crippen LogP contribution in [0.3, 0.4) is 0 Å². The van der Waals surface area contributed by atoms with Gasteiger partial charge in [-0.1, -0.05) is 27.2 Å². The summed E-state index contributed by atoms with van der Waals surface area (Å²) < 4.78 is 0. The van der Waals surface area contributed by atoms with E-state index in [1.165, 1.54) is 32.4 Å². The molecule has 1 fully saturated rings. The molecule has 1 aliphatic carbocycles. The van der Waals surface area contributed by atoms with Crippen molar-refractivity contribution in [3.63, 3.8) is 0 Å². The summed E-state index contributed by atoms with van der Waals surface area (Å²) in [6.45, 7) is 12.8. The van der Waals surface area contributed by atoms with Crippen LogP contribution in [-0.4, -0.2) is 36.6 Å². The molecule has 1 saturated carbocycles. The molecule has 15 heavy (non-hydrogen) atoms. The third-order valence-corrected chi connectivity index (χ3v) is 3.55. The van der Waals surface area contributed by atoms with Crippen LogP contribution in [0, 0.1) is 5.92 Å². The maximum atomic E-state index is 3.62. The summed E-state index contributed by atoms with van der Waals surface area (Å²) >= 11 is 0. The van der Waals surface area contributed by atoms with E-state index in [1.54, 1.807) is 0 Å². The molecular weight excluding hydrogens is 184 g/mol. The van der Waals surface area contributed by atoms with E-state index in [-0.39, 0.29) is 0 Å². The molecule has 1 rings (SSSR count). The Hall–Kier alpha value is -0.0800. The highest BCUT2D eigenvalue weighted by molar-refractivity contribution is 4.83. The van der Waals surface area contributed by atoms with E-state index >= 15 is 0 Å². The molecule has 0 amide bonds. The lowest BCUT2D eigenvalue weighted by Crippen LogP contribution is -2.42. The van der Waals surface area contributed by atoms with E-state index in [4.69, 9.17) is 0 Å². The number of nitrogens with one attached hydrogen (secondary N) is 1. The molecule has 0 heterocycles. The Balaban J connectivity index is 2.21. The van der Waals surface area contributed by atoms with E-state index in [2.05, 4.69) is 37.9 Å². The van der Waals surface area contributed by atoms with E-state index in [0.717, 1.165) is 18.5 Å². The van der Waals surface area contributed by atoms with Crippen molar-refractivity contribution in [2.75, 3.05) is 19.6 Å². The second kappa shape index (κ2) is 6.49. The van der Waals surface area contributed by atoms with Crippen LogP contribution in [0.15, 0.2) is 0 Å². The molecule has 0 aliphatic heterocycles. The van der Waals surface area contributed by atoms with E-state index in [0.29, 0.717) is 6.04 Å². The van der Waals surface area contributed by atoms with Gasteiger partial charge in [0.1, 0.15) is 0 Å². The average molecular weight is 212 g/mol. The van der Waals surface area contributed by atoms with Crippen LogP contribution in [0.4, 0.5) is 0 Å². The summed E-state index contributed by atoms with van der Waals surface area (Å²) in [5.41, 5.74) is 0. The lowest BCUT2D eigenvalue weighted by atomic mass is 10.1.